The number of hydrogen-bond acceptors (Lipinski definition) is 3. The molecular weight excluding hydrogens is 312 g/mol. The summed E-state index contributed by atoms with van der Waals surface area (Å²) in [4.78, 5) is 21.8. The third-order valence-electron chi connectivity index (χ3n) is 2.26. The smallest absolute Gasteiger partial charge is 0.442 e. The maximum absolute atomic E-state index is 14.0. The summed E-state index contributed by atoms with van der Waals surface area (Å²) in [6, 6.07) is 0. The number of amides is 1. The van der Waals surface area contributed by atoms with Gasteiger partial charge >= 0.3 is 24.0 Å². The first-order valence-electron chi connectivity index (χ1n) is 5.35. The molecule has 5 nitrogen and oxygen atoms in total. The van der Waals surface area contributed by atoms with Crippen molar-refractivity contribution in [3.05, 3.63) is 0 Å². The third kappa shape index (κ3) is 3.50. The molecule has 0 spiro atoms. The second-order valence-corrected chi connectivity index (χ2v) is 5.19. The van der Waals surface area contributed by atoms with Gasteiger partial charge in [-0.1, -0.05) is 9.60 Å². The van der Waals surface area contributed by atoms with Crippen molar-refractivity contribution in [3.8, 4) is 0 Å². The van der Waals surface area contributed by atoms with E-state index in [1.54, 1.807) is 0 Å². The number of nitrogens with zero attached hydrogens (tertiary/aromatic N) is 1. The summed E-state index contributed by atoms with van der Waals surface area (Å²) >= 11 is 0. The molecule has 0 rings (SSSR count). The highest BCUT2D eigenvalue weighted by atomic mass is 19.4. The number of carbonyl (C=O) groups is 2. The van der Waals surface area contributed by atoms with E-state index in [1.807, 2.05) is 0 Å². The average Bonchev–Trinajstić information content (AvgIpc) is 2.22. The zero-order valence-corrected chi connectivity index (χ0v) is 11.4. The van der Waals surface area contributed by atoms with E-state index in [1.165, 1.54) is 0 Å². The van der Waals surface area contributed by atoms with Crippen molar-refractivity contribution in [2.75, 3.05) is 0 Å². The van der Waals surface area contributed by atoms with Crippen LogP contribution in [0.2, 0.25) is 0 Å². The lowest BCUT2D eigenvalue weighted by molar-refractivity contribution is -0.308. The van der Waals surface area contributed by atoms with E-state index in [9.17, 15) is 36.0 Å². The minimum atomic E-state index is -6.10. The molecular formula is C10H13F6NO4. The Bertz CT molecular complexity index is 430. The van der Waals surface area contributed by atoms with Crippen molar-refractivity contribution in [2.24, 2.45) is 0 Å². The molecule has 0 saturated carbocycles. The van der Waals surface area contributed by atoms with Gasteiger partial charge in [0.1, 0.15) is 5.60 Å². The van der Waals surface area contributed by atoms with Crippen LogP contribution in [0.4, 0.5) is 31.2 Å². The molecule has 0 heterocycles. The van der Waals surface area contributed by atoms with Crippen molar-refractivity contribution in [1.29, 1.82) is 0 Å². The molecule has 0 aromatic rings. The molecule has 1 unspecified atom stereocenters. The minimum Gasteiger partial charge on any atom is -0.477 e. The number of aliphatic carboxylic acids is 1. The second-order valence-electron chi connectivity index (χ2n) is 5.19. The van der Waals surface area contributed by atoms with Crippen LogP contribution in [0.5, 0.6) is 0 Å². The summed E-state index contributed by atoms with van der Waals surface area (Å²) in [5, 5.41) is 6.38. The fourth-order valence-corrected chi connectivity index (χ4v) is 1.08. The fourth-order valence-electron chi connectivity index (χ4n) is 1.08. The quantitative estimate of drug-likeness (QED) is 0.492. The highest BCUT2D eigenvalue weighted by Gasteiger charge is 2.75. The summed E-state index contributed by atoms with van der Waals surface area (Å²) in [7, 11) is 0. The average molecular weight is 325 g/mol. The molecule has 0 radical (unpaired) electrons. The molecule has 0 aliphatic carbocycles. The van der Waals surface area contributed by atoms with Crippen molar-refractivity contribution in [2.45, 2.75) is 50.9 Å². The van der Waals surface area contributed by atoms with Crippen LogP contribution in [-0.4, -0.2) is 45.5 Å². The van der Waals surface area contributed by atoms with Crippen molar-refractivity contribution in [3.63, 3.8) is 0 Å². The molecule has 21 heavy (non-hydrogen) atoms. The Morgan fingerprint density at radius 1 is 1.00 bits per heavy atom. The second kappa shape index (κ2) is 5.26. The zero-order valence-electron chi connectivity index (χ0n) is 11.4. The van der Waals surface area contributed by atoms with Crippen LogP contribution in [0.1, 0.15) is 27.7 Å². The Balaban J connectivity index is 5.81. The van der Waals surface area contributed by atoms with Gasteiger partial charge in [-0.3, -0.25) is 0 Å². The van der Waals surface area contributed by atoms with Crippen LogP contribution in [0.25, 0.3) is 0 Å². The van der Waals surface area contributed by atoms with E-state index in [4.69, 9.17) is 5.11 Å². The normalized spacial score (nSPS) is 18.4. The summed E-state index contributed by atoms with van der Waals surface area (Å²) < 4.78 is 82.5. The predicted molar refractivity (Wildman–Crippen MR) is 56.2 cm³/mol. The number of alkyl halides is 5. The molecule has 0 fully saturated rings. The number of carboxylic acids is 1. The lowest BCUT2D eigenvalue weighted by Crippen LogP contribution is -2.67. The van der Waals surface area contributed by atoms with E-state index in [2.05, 4.69) is 4.74 Å². The molecule has 124 valence electrons. The topological polar surface area (TPSA) is 66.8 Å². The molecule has 0 saturated heterocycles. The number of hydrogen-bond donors (Lipinski definition) is 1. The Morgan fingerprint density at radius 3 is 1.62 bits per heavy atom. The molecule has 0 aromatic carbocycles. The van der Waals surface area contributed by atoms with Gasteiger partial charge in [0, 0.05) is 0 Å². The molecule has 0 aliphatic heterocycles. The van der Waals surface area contributed by atoms with Gasteiger partial charge < -0.3 is 9.84 Å². The molecule has 0 bridgehead atoms. The van der Waals surface area contributed by atoms with Crippen LogP contribution in [0.15, 0.2) is 0 Å². The zero-order chi connectivity index (χ0) is 17.4. The van der Waals surface area contributed by atoms with Crippen molar-refractivity contribution >= 4 is 12.1 Å². The first kappa shape index (κ1) is 19.3. The number of ether oxygens (including phenoxy) is 1. The van der Waals surface area contributed by atoms with Crippen LogP contribution in [-0.2, 0) is 9.53 Å². The van der Waals surface area contributed by atoms with Gasteiger partial charge in [0.25, 0.3) is 5.67 Å². The highest BCUT2D eigenvalue weighted by molar-refractivity contribution is 5.83. The monoisotopic (exact) mass is 325 g/mol. The van der Waals surface area contributed by atoms with Gasteiger partial charge in [-0.15, -0.1) is 0 Å². The van der Waals surface area contributed by atoms with Gasteiger partial charge in [0.05, 0.1) is 0 Å². The van der Waals surface area contributed by atoms with Crippen molar-refractivity contribution < 1.29 is 45.9 Å². The molecule has 0 aliphatic rings. The van der Waals surface area contributed by atoms with E-state index in [0.29, 0.717) is 0 Å². The van der Waals surface area contributed by atoms with Crippen LogP contribution in [0.3, 0.4) is 0 Å². The fraction of sp³-hybridized carbons (Fsp3) is 0.800. The van der Waals surface area contributed by atoms with Gasteiger partial charge in [0.15, 0.2) is 0 Å². The van der Waals surface area contributed by atoms with Crippen molar-refractivity contribution in [1.82, 2.24) is 5.12 Å². The lowest BCUT2D eigenvalue weighted by atomic mass is 9.94. The van der Waals surface area contributed by atoms with E-state index in [0.717, 1.165) is 20.8 Å². The van der Waals surface area contributed by atoms with Gasteiger partial charge in [0.2, 0.25) is 0 Å². The minimum absolute atomic E-state index is 0.544. The summed E-state index contributed by atoms with van der Waals surface area (Å²) in [5.74, 6) is -8.54. The maximum atomic E-state index is 14.0. The standard InChI is InChI=1S/C10H13F6NO4/c1-7(2,3)21-6(20)17(16)9(12,5(18)19)8(4,11)10(13,14)15/h1-4H3,(H,18,19)/t8?,9-/m1/s1. The van der Waals surface area contributed by atoms with E-state index < -0.39 is 47.3 Å². The van der Waals surface area contributed by atoms with Gasteiger partial charge in [-0.05, 0) is 27.7 Å². The Morgan fingerprint density at radius 2 is 1.38 bits per heavy atom. The largest absolute Gasteiger partial charge is 0.477 e. The molecule has 1 N–H and O–H groups in total. The Labute approximate surface area is 115 Å². The molecule has 11 heteroatoms. The number of carboxylic acid groups (broad SMARTS) is 1. The van der Waals surface area contributed by atoms with E-state index >= 15 is 0 Å². The lowest BCUT2D eigenvalue weighted by Gasteiger charge is -2.37. The van der Waals surface area contributed by atoms with Crippen LogP contribution < -0.4 is 0 Å². The number of halogens is 6. The predicted octanol–water partition coefficient (Wildman–Crippen LogP) is 3.15. The first-order valence-corrected chi connectivity index (χ1v) is 5.35. The Kier molecular flexibility index (Phi) is 4.84. The van der Waals surface area contributed by atoms with Crippen LogP contribution in [0, 0.1) is 0 Å². The number of rotatable bonds is 3. The van der Waals surface area contributed by atoms with Gasteiger partial charge in [-0.25, -0.2) is 14.0 Å². The Hall–Kier alpha value is -1.68. The maximum Gasteiger partial charge on any atom is 0.442 e. The summed E-state index contributed by atoms with van der Waals surface area (Å²) in [6.45, 7) is 2.91. The highest BCUT2D eigenvalue weighted by Crippen LogP contribution is 2.46. The third-order valence-corrected chi connectivity index (χ3v) is 2.26. The molecule has 2 atom stereocenters. The molecule has 0 aromatic heterocycles. The first-order chi connectivity index (χ1) is 8.98. The summed E-state index contributed by atoms with van der Waals surface area (Å²) in [6.07, 6.45) is -8.52. The van der Waals surface area contributed by atoms with E-state index in [-0.39, 0.29) is 0 Å². The summed E-state index contributed by atoms with van der Waals surface area (Å²) in [5.41, 5.74) is -6.71. The van der Waals surface area contributed by atoms with Gasteiger partial charge in [-0.2, -0.15) is 17.6 Å². The number of carbonyl (C=O) groups excluding carboxylic acids is 1. The molecule has 1 amide bonds. The van der Waals surface area contributed by atoms with Crippen LogP contribution >= 0.6 is 0 Å². The SMILES string of the molecule is CC(C)(C)OC(=O)N(F)[C@](F)(C(=O)O)C(C)(F)C(F)(F)F.